The summed E-state index contributed by atoms with van der Waals surface area (Å²) in [5.41, 5.74) is 5.81. The molecule has 0 aliphatic carbocycles. The van der Waals surface area contributed by atoms with E-state index in [1.54, 1.807) is 0 Å². The lowest BCUT2D eigenvalue weighted by Gasteiger charge is -1.94. The van der Waals surface area contributed by atoms with E-state index in [9.17, 15) is 4.79 Å². The third-order valence-corrected chi connectivity index (χ3v) is 1.77. The number of aromatic nitrogens is 1. The van der Waals surface area contributed by atoms with Gasteiger partial charge in [-0.15, -0.1) is 0 Å². The van der Waals surface area contributed by atoms with E-state index in [0.717, 1.165) is 5.69 Å². The van der Waals surface area contributed by atoms with Gasteiger partial charge in [0, 0.05) is 5.38 Å². The lowest BCUT2D eigenvalue weighted by Crippen LogP contribution is -2.30. The Morgan fingerprint density at radius 1 is 1.77 bits per heavy atom. The van der Waals surface area contributed by atoms with Crippen LogP contribution >= 0.6 is 11.5 Å². The molecule has 0 aliphatic rings. The predicted octanol–water partition coefficient (Wildman–Crippen LogP) is -0.430. The zero-order chi connectivity index (χ0) is 9.52. The summed E-state index contributed by atoms with van der Waals surface area (Å²) in [7, 11) is 0. The number of nitrogens with two attached hydrogens (primary N) is 1. The number of amides is 1. The fourth-order valence-electron chi connectivity index (χ4n) is 0.627. The number of nitrogens with zero attached hydrogens (tertiary/aromatic N) is 1. The van der Waals surface area contributed by atoms with Gasteiger partial charge in [0.2, 0.25) is 5.91 Å². The first kappa shape index (κ1) is 9.71. The lowest BCUT2D eigenvalue weighted by atomic mass is 10.4. The van der Waals surface area contributed by atoms with Crippen molar-refractivity contribution in [2.75, 3.05) is 13.1 Å². The van der Waals surface area contributed by atoms with E-state index >= 15 is 0 Å². The highest BCUT2D eigenvalue weighted by Crippen LogP contribution is 1.95. The third-order valence-electron chi connectivity index (χ3n) is 1.21. The van der Waals surface area contributed by atoms with Gasteiger partial charge in [0.05, 0.1) is 13.1 Å². The average Bonchev–Trinajstić information content (AvgIpc) is 2.64. The minimum atomic E-state index is -0.201. The minimum Gasteiger partial charge on any atom is -0.344 e. The summed E-state index contributed by atoms with van der Waals surface area (Å²) in [6, 6.07) is 1.82. The summed E-state index contributed by atoms with van der Waals surface area (Å²) in [6.07, 6.45) is 0. The molecule has 0 saturated heterocycles. The van der Waals surface area contributed by atoms with Crippen molar-refractivity contribution in [3.8, 4) is 11.8 Å². The Labute approximate surface area is 80.3 Å². The minimum absolute atomic E-state index is 0.00161. The number of nitrogens with one attached hydrogen (secondary N) is 1. The van der Waals surface area contributed by atoms with Crippen molar-refractivity contribution >= 4 is 17.4 Å². The van der Waals surface area contributed by atoms with E-state index in [0.29, 0.717) is 6.54 Å². The van der Waals surface area contributed by atoms with Gasteiger partial charge >= 0.3 is 0 Å². The Kier molecular flexibility index (Phi) is 3.96. The molecule has 0 spiro atoms. The van der Waals surface area contributed by atoms with E-state index in [1.807, 2.05) is 11.4 Å². The van der Waals surface area contributed by atoms with Crippen LogP contribution in [0.5, 0.6) is 0 Å². The van der Waals surface area contributed by atoms with Crippen molar-refractivity contribution in [2.45, 2.75) is 0 Å². The Bertz CT molecular complexity index is 323. The molecule has 1 rings (SSSR count). The van der Waals surface area contributed by atoms with Crippen LogP contribution in [0, 0.1) is 11.8 Å². The van der Waals surface area contributed by atoms with Crippen LogP contribution in [0.15, 0.2) is 11.4 Å². The van der Waals surface area contributed by atoms with Crippen molar-refractivity contribution in [3.63, 3.8) is 0 Å². The Hall–Kier alpha value is -1.38. The van der Waals surface area contributed by atoms with Crippen LogP contribution in [-0.4, -0.2) is 23.4 Å². The van der Waals surface area contributed by atoms with Gasteiger partial charge in [-0.05, 0) is 23.5 Å². The maximum atomic E-state index is 10.7. The molecular weight excluding hydrogens is 186 g/mol. The fraction of sp³-hybridized carbons (Fsp3) is 0.250. The Morgan fingerprint density at radius 2 is 2.62 bits per heavy atom. The van der Waals surface area contributed by atoms with Gasteiger partial charge in [-0.1, -0.05) is 5.92 Å². The molecule has 3 N–H and O–H groups in total. The van der Waals surface area contributed by atoms with Crippen molar-refractivity contribution in [2.24, 2.45) is 5.73 Å². The molecule has 5 heteroatoms. The average molecular weight is 195 g/mol. The number of hydrogen-bond donors (Lipinski definition) is 2. The molecule has 68 valence electrons. The van der Waals surface area contributed by atoms with E-state index in [1.165, 1.54) is 11.5 Å². The number of carbonyl (C=O) groups is 1. The highest BCUT2D eigenvalue weighted by Gasteiger charge is 1.91. The van der Waals surface area contributed by atoms with Crippen LogP contribution < -0.4 is 11.1 Å². The molecule has 0 aromatic carbocycles. The molecule has 0 atom stereocenters. The van der Waals surface area contributed by atoms with Gasteiger partial charge in [-0.25, -0.2) is 0 Å². The van der Waals surface area contributed by atoms with Crippen LogP contribution in [0.25, 0.3) is 0 Å². The summed E-state index contributed by atoms with van der Waals surface area (Å²) >= 11 is 1.35. The quantitative estimate of drug-likeness (QED) is 0.629. The normalized spacial score (nSPS) is 8.69. The molecule has 1 aromatic rings. The van der Waals surface area contributed by atoms with Crippen LogP contribution in [0.4, 0.5) is 0 Å². The van der Waals surface area contributed by atoms with E-state index < -0.39 is 0 Å². The molecule has 4 nitrogen and oxygen atoms in total. The first-order valence-corrected chi connectivity index (χ1v) is 4.52. The second-order valence-electron chi connectivity index (χ2n) is 2.17. The van der Waals surface area contributed by atoms with E-state index in [4.69, 9.17) is 5.73 Å². The first-order valence-electron chi connectivity index (χ1n) is 3.69. The molecule has 0 fully saturated rings. The smallest absolute Gasteiger partial charge is 0.234 e. The molecule has 0 unspecified atom stereocenters. The lowest BCUT2D eigenvalue weighted by molar-refractivity contribution is -0.119. The summed E-state index contributed by atoms with van der Waals surface area (Å²) < 4.78 is 3.98. The van der Waals surface area contributed by atoms with Crippen LogP contribution in [-0.2, 0) is 4.79 Å². The van der Waals surface area contributed by atoms with Crippen LogP contribution in [0.3, 0.4) is 0 Å². The number of hydrogen-bond acceptors (Lipinski definition) is 4. The molecule has 0 aliphatic heterocycles. The topological polar surface area (TPSA) is 68.0 Å². The largest absolute Gasteiger partial charge is 0.344 e. The number of carbonyl (C=O) groups excluding carboxylic acids is 1. The highest BCUT2D eigenvalue weighted by molar-refractivity contribution is 7.03. The summed E-state index contributed by atoms with van der Waals surface area (Å²) in [5.74, 6) is 5.36. The Morgan fingerprint density at radius 3 is 3.23 bits per heavy atom. The van der Waals surface area contributed by atoms with Gasteiger partial charge in [0.1, 0.15) is 5.69 Å². The second kappa shape index (κ2) is 5.30. The molecule has 1 amide bonds. The van der Waals surface area contributed by atoms with Gasteiger partial charge < -0.3 is 11.1 Å². The summed E-state index contributed by atoms with van der Waals surface area (Å²) in [5, 5.41) is 4.38. The van der Waals surface area contributed by atoms with Crippen LogP contribution in [0.2, 0.25) is 0 Å². The zero-order valence-corrected chi connectivity index (χ0v) is 7.73. The molecule has 0 saturated carbocycles. The van der Waals surface area contributed by atoms with Crippen molar-refractivity contribution in [3.05, 3.63) is 17.1 Å². The summed E-state index contributed by atoms with van der Waals surface area (Å²) in [4.78, 5) is 10.7. The van der Waals surface area contributed by atoms with Gasteiger partial charge in [-0.2, -0.15) is 4.37 Å². The van der Waals surface area contributed by atoms with Crippen molar-refractivity contribution in [1.82, 2.24) is 9.69 Å². The maximum absolute atomic E-state index is 10.7. The molecule has 0 radical (unpaired) electrons. The third kappa shape index (κ3) is 3.69. The molecular formula is C8H9N3OS. The second-order valence-corrected chi connectivity index (χ2v) is 2.83. The van der Waals surface area contributed by atoms with Gasteiger partial charge in [-0.3, -0.25) is 4.79 Å². The van der Waals surface area contributed by atoms with Crippen molar-refractivity contribution < 1.29 is 4.79 Å². The Balaban J connectivity index is 2.30. The molecule has 1 heterocycles. The van der Waals surface area contributed by atoms with E-state index in [-0.39, 0.29) is 12.5 Å². The highest BCUT2D eigenvalue weighted by atomic mass is 32.1. The molecule has 0 bridgehead atoms. The van der Waals surface area contributed by atoms with Crippen LogP contribution in [0.1, 0.15) is 5.69 Å². The molecule has 1 aromatic heterocycles. The maximum Gasteiger partial charge on any atom is 0.234 e. The molecule has 13 heavy (non-hydrogen) atoms. The zero-order valence-electron chi connectivity index (χ0n) is 6.91. The van der Waals surface area contributed by atoms with Crippen molar-refractivity contribution in [1.29, 1.82) is 0 Å². The predicted molar refractivity (Wildman–Crippen MR) is 51.1 cm³/mol. The fourth-order valence-corrected chi connectivity index (χ4v) is 1.10. The standard InChI is InChI=1S/C8H9N3OS/c9-6-8(12)10-4-1-2-7-3-5-13-11-7/h3,5H,4,6,9H2,(H,10,12). The number of rotatable bonds is 2. The summed E-state index contributed by atoms with van der Waals surface area (Å²) in [6.45, 7) is 0.311. The van der Waals surface area contributed by atoms with Gasteiger partial charge in [0.25, 0.3) is 0 Å². The van der Waals surface area contributed by atoms with Gasteiger partial charge in [0.15, 0.2) is 0 Å². The van der Waals surface area contributed by atoms with E-state index in [2.05, 4.69) is 21.5 Å². The first-order chi connectivity index (χ1) is 6.33. The SMILES string of the molecule is NCC(=O)NCC#Cc1ccsn1. The monoisotopic (exact) mass is 195 g/mol.